The molecule has 2 heterocycles. The molecule has 0 spiro atoms. The molecule has 1 saturated heterocycles. The van der Waals surface area contributed by atoms with E-state index >= 15 is 0 Å². The van der Waals surface area contributed by atoms with Crippen molar-refractivity contribution in [3.8, 4) is 0 Å². The Morgan fingerprint density at radius 2 is 1.50 bits per heavy atom. The van der Waals surface area contributed by atoms with E-state index in [0.29, 0.717) is 16.8 Å². The van der Waals surface area contributed by atoms with Gasteiger partial charge >= 0.3 is 11.9 Å². The molecule has 26 heavy (non-hydrogen) atoms. The van der Waals surface area contributed by atoms with E-state index in [-0.39, 0.29) is 11.4 Å². The van der Waals surface area contributed by atoms with Gasteiger partial charge in [-0.05, 0) is 36.4 Å². The Hall–Kier alpha value is -3.48. The van der Waals surface area contributed by atoms with Crippen molar-refractivity contribution < 1.29 is 23.9 Å². The molecule has 2 aromatic rings. The molecule has 0 bridgehead atoms. The monoisotopic (exact) mass is 352 g/mol. The molecule has 1 N–H and O–H groups in total. The quantitative estimate of drug-likeness (QED) is 0.391. The van der Waals surface area contributed by atoms with Crippen molar-refractivity contribution in [3.05, 3.63) is 71.7 Å². The molecule has 1 aromatic carbocycles. The first kappa shape index (κ1) is 17.3. The first-order valence-corrected chi connectivity index (χ1v) is 7.84. The Morgan fingerprint density at radius 3 is 2.08 bits per heavy atom. The van der Waals surface area contributed by atoms with E-state index in [9.17, 15) is 14.4 Å². The fraction of sp³-hybridized carbons (Fsp3) is 0.158. The van der Waals surface area contributed by atoms with Crippen LogP contribution >= 0.6 is 0 Å². The van der Waals surface area contributed by atoms with Crippen LogP contribution in [0.5, 0.6) is 0 Å². The second-order valence-corrected chi connectivity index (χ2v) is 6.02. The van der Waals surface area contributed by atoms with E-state index in [2.05, 4.69) is 10.3 Å². The zero-order valence-electron chi connectivity index (χ0n) is 14.2. The third kappa shape index (κ3) is 3.77. The fourth-order valence-electron chi connectivity index (χ4n) is 2.32. The van der Waals surface area contributed by atoms with Gasteiger partial charge in [0.1, 0.15) is 0 Å². The minimum atomic E-state index is -1.28. The molecule has 0 saturated carbocycles. The standard InChI is InChI=1S/C19H16N2O5/c1-19(2)25-17(23)15(18(24)26-19)11-21-14-5-3-12(4-6-14)16(22)13-7-9-20-10-8-13/h3-11,21H,1-2H3. The van der Waals surface area contributed by atoms with E-state index in [0.717, 1.165) is 0 Å². The largest absolute Gasteiger partial charge is 0.419 e. The Morgan fingerprint density at radius 1 is 0.962 bits per heavy atom. The van der Waals surface area contributed by atoms with Crippen LogP contribution in [0.15, 0.2) is 60.6 Å². The van der Waals surface area contributed by atoms with Crippen LogP contribution in [0, 0.1) is 0 Å². The minimum Gasteiger partial charge on any atom is -0.419 e. The summed E-state index contributed by atoms with van der Waals surface area (Å²) < 4.78 is 10.0. The van der Waals surface area contributed by atoms with Crippen molar-refractivity contribution in [2.24, 2.45) is 0 Å². The van der Waals surface area contributed by atoms with Crippen LogP contribution in [0.4, 0.5) is 5.69 Å². The van der Waals surface area contributed by atoms with Gasteiger partial charge in [-0.15, -0.1) is 0 Å². The summed E-state index contributed by atoms with van der Waals surface area (Å²) >= 11 is 0. The third-order valence-corrected chi connectivity index (χ3v) is 3.59. The highest BCUT2D eigenvalue weighted by Gasteiger charge is 2.38. The maximum Gasteiger partial charge on any atom is 0.350 e. The van der Waals surface area contributed by atoms with Crippen molar-refractivity contribution in [1.82, 2.24) is 4.98 Å². The number of hydrogen-bond donors (Lipinski definition) is 1. The van der Waals surface area contributed by atoms with Crippen molar-refractivity contribution in [3.63, 3.8) is 0 Å². The van der Waals surface area contributed by atoms with Crippen LogP contribution in [0.1, 0.15) is 29.8 Å². The van der Waals surface area contributed by atoms with Crippen LogP contribution in [-0.4, -0.2) is 28.5 Å². The lowest BCUT2D eigenvalue weighted by Crippen LogP contribution is -2.42. The van der Waals surface area contributed by atoms with Gasteiger partial charge < -0.3 is 14.8 Å². The molecular weight excluding hydrogens is 336 g/mol. The molecule has 7 heteroatoms. The highest BCUT2D eigenvalue weighted by atomic mass is 16.7. The summed E-state index contributed by atoms with van der Waals surface area (Å²) in [6, 6.07) is 9.89. The number of esters is 2. The SMILES string of the molecule is CC1(C)OC(=O)C(=CNc2ccc(C(=O)c3ccncc3)cc2)C(=O)O1. The predicted octanol–water partition coefficient (Wildman–Crippen LogP) is 2.44. The van der Waals surface area contributed by atoms with Crippen molar-refractivity contribution in [2.45, 2.75) is 19.6 Å². The van der Waals surface area contributed by atoms with Gasteiger partial charge in [0.25, 0.3) is 5.79 Å². The molecule has 0 atom stereocenters. The average molecular weight is 352 g/mol. The molecule has 1 aliphatic heterocycles. The van der Waals surface area contributed by atoms with Crippen molar-refractivity contribution >= 4 is 23.4 Å². The molecule has 132 valence electrons. The van der Waals surface area contributed by atoms with E-state index in [1.54, 1.807) is 48.8 Å². The van der Waals surface area contributed by atoms with Gasteiger partial charge in [0.15, 0.2) is 11.4 Å². The fourth-order valence-corrected chi connectivity index (χ4v) is 2.32. The lowest BCUT2D eigenvalue weighted by molar-refractivity contribution is -0.222. The van der Waals surface area contributed by atoms with Crippen molar-refractivity contribution in [1.29, 1.82) is 0 Å². The van der Waals surface area contributed by atoms with Gasteiger partial charge in [0.2, 0.25) is 0 Å². The van der Waals surface area contributed by atoms with Crippen LogP contribution in [0.3, 0.4) is 0 Å². The Balaban J connectivity index is 1.71. The van der Waals surface area contributed by atoms with E-state index in [1.807, 2.05) is 0 Å². The number of ether oxygens (including phenoxy) is 2. The number of rotatable bonds is 4. The highest BCUT2D eigenvalue weighted by Crippen LogP contribution is 2.23. The molecule has 0 radical (unpaired) electrons. The number of carbonyl (C=O) groups is 3. The number of ketones is 1. The average Bonchev–Trinajstić information content (AvgIpc) is 2.61. The van der Waals surface area contributed by atoms with Crippen LogP contribution in [-0.2, 0) is 19.1 Å². The normalized spacial score (nSPS) is 15.7. The topological polar surface area (TPSA) is 94.6 Å². The second-order valence-electron chi connectivity index (χ2n) is 6.02. The first-order valence-electron chi connectivity index (χ1n) is 7.84. The summed E-state index contributed by atoms with van der Waals surface area (Å²) in [5, 5.41) is 2.82. The van der Waals surface area contributed by atoms with Gasteiger partial charge in [-0.1, -0.05) is 0 Å². The number of nitrogens with one attached hydrogen (secondary N) is 1. The van der Waals surface area contributed by atoms with E-state index in [1.165, 1.54) is 20.0 Å². The van der Waals surface area contributed by atoms with Gasteiger partial charge in [-0.25, -0.2) is 9.59 Å². The maximum absolute atomic E-state index is 12.3. The number of hydrogen-bond acceptors (Lipinski definition) is 7. The predicted molar refractivity (Wildman–Crippen MR) is 92.1 cm³/mol. The smallest absolute Gasteiger partial charge is 0.350 e. The first-order chi connectivity index (χ1) is 12.4. The number of pyridine rings is 1. The summed E-state index contributed by atoms with van der Waals surface area (Å²) in [6.45, 7) is 2.96. The molecule has 0 aliphatic carbocycles. The molecule has 1 fully saturated rings. The van der Waals surface area contributed by atoms with Crippen molar-refractivity contribution in [2.75, 3.05) is 5.32 Å². The molecule has 0 amide bonds. The lowest BCUT2D eigenvalue weighted by atomic mass is 10.0. The number of nitrogens with zero attached hydrogens (tertiary/aromatic N) is 1. The molecule has 0 unspecified atom stereocenters. The van der Waals surface area contributed by atoms with Crippen LogP contribution < -0.4 is 5.32 Å². The number of cyclic esters (lactones) is 2. The summed E-state index contributed by atoms with van der Waals surface area (Å²) in [5.41, 5.74) is 1.40. The van der Waals surface area contributed by atoms with E-state index in [4.69, 9.17) is 9.47 Å². The lowest BCUT2D eigenvalue weighted by Gasteiger charge is -2.29. The summed E-state index contributed by atoms with van der Waals surface area (Å²) in [6.07, 6.45) is 4.33. The molecular formula is C19H16N2O5. The van der Waals surface area contributed by atoms with E-state index < -0.39 is 17.7 Å². The molecule has 3 rings (SSSR count). The third-order valence-electron chi connectivity index (χ3n) is 3.59. The molecule has 1 aromatic heterocycles. The molecule has 1 aliphatic rings. The minimum absolute atomic E-state index is 0.126. The second kappa shape index (κ2) is 6.79. The van der Waals surface area contributed by atoms with Crippen LogP contribution in [0.25, 0.3) is 0 Å². The van der Waals surface area contributed by atoms with Gasteiger partial charge in [-0.3, -0.25) is 9.78 Å². The summed E-state index contributed by atoms with van der Waals surface area (Å²) in [5.74, 6) is -2.93. The van der Waals surface area contributed by atoms with Gasteiger partial charge in [0.05, 0.1) is 0 Å². The number of carbonyl (C=O) groups excluding carboxylic acids is 3. The number of anilines is 1. The highest BCUT2D eigenvalue weighted by molar-refractivity contribution is 6.15. The Labute approximate surface area is 149 Å². The molecule has 7 nitrogen and oxygen atoms in total. The number of aromatic nitrogens is 1. The maximum atomic E-state index is 12.3. The number of benzene rings is 1. The summed E-state index contributed by atoms with van der Waals surface area (Å²) in [4.78, 5) is 39.9. The van der Waals surface area contributed by atoms with Gasteiger partial charge in [-0.2, -0.15) is 0 Å². The van der Waals surface area contributed by atoms with Crippen LogP contribution in [0.2, 0.25) is 0 Å². The Bertz CT molecular complexity index is 864. The summed E-state index contributed by atoms with van der Waals surface area (Å²) in [7, 11) is 0. The Kier molecular flexibility index (Phi) is 4.53. The zero-order chi connectivity index (χ0) is 18.7. The van der Waals surface area contributed by atoms with Gasteiger partial charge in [0, 0.05) is 49.3 Å². The zero-order valence-corrected chi connectivity index (χ0v) is 14.2.